The average Bonchev–Trinajstić information content (AvgIpc) is 3.05. The SMILES string of the molecule is CC1=C(C(N)=O)C(c2cc[nH+]cc2)n2nc(-c3ccc(Cl)cc3)nc2N1. The number of fused-ring (bicyclic) bond motifs is 1. The quantitative estimate of drug-likeness (QED) is 0.741. The summed E-state index contributed by atoms with van der Waals surface area (Å²) in [5.74, 6) is 0.590. The number of nitrogens with one attached hydrogen (secondary N) is 2. The number of pyridine rings is 1. The Balaban J connectivity index is 1.87. The molecule has 0 bridgehead atoms. The van der Waals surface area contributed by atoms with Gasteiger partial charge in [-0.15, -0.1) is 5.10 Å². The van der Waals surface area contributed by atoms with E-state index in [-0.39, 0.29) is 0 Å². The minimum Gasteiger partial charge on any atom is -0.366 e. The van der Waals surface area contributed by atoms with Crippen LogP contribution in [0.25, 0.3) is 11.4 Å². The molecule has 0 saturated carbocycles. The topological polar surface area (TPSA) is 100.0 Å². The van der Waals surface area contributed by atoms with Crippen LogP contribution in [0, 0.1) is 0 Å². The van der Waals surface area contributed by atoms with Gasteiger partial charge in [-0.05, 0) is 36.8 Å². The smallest absolute Gasteiger partial charge is 0.248 e. The first-order valence-electron chi connectivity index (χ1n) is 8.00. The standard InChI is InChI=1S/C18H15ClN6O/c1-10-14(16(20)26)15(11-6-8-21-9-7-11)25-18(22-10)23-17(24-25)12-2-4-13(19)5-3-12/h2-9,15H,1H3,(H2,20,26)(H,22,23,24)/p+1. The molecule has 0 fully saturated rings. The van der Waals surface area contributed by atoms with Crippen LogP contribution in [0.15, 0.2) is 60.1 Å². The van der Waals surface area contributed by atoms with Crippen molar-refractivity contribution in [2.45, 2.75) is 13.0 Å². The summed E-state index contributed by atoms with van der Waals surface area (Å²) >= 11 is 5.96. The maximum Gasteiger partial charge on any atom is 0.248 e. The number of carbonyl (C=O) groups excluding carboxylic acids is 1. The number of anilines is 1. The summed E-state index contributed by atoms with van der Waals surface area (Å²) in [6.45, 7) is 1.81. The van der Waals surface area contributed by atoms with Crippen LogP contribution >= 0.6 is 11.6 Å². The lowest BCUT2D eigenvalue weighted by atomic mass is 9.96. The van der Waals surface area contributed by atoms with Crippen LogP contribution < -0.4 is 16.0 Å². The predicted octanol–water partition coefficient (Wildman–Crippen LogP) is 2.19. The molecule has 130 valence electrons. The van der Waals surface area contributed by atoms with Crippen molar-refractivity contribution in [2.24, 2.45) is 5.73 Å². The number of amides is 1. The molecular formula is C18H16ClN6O+. The Morgan fingerprint density at radius 1 is 1.23 bits per heavy atom. The van der Waals surface area contributed by atoms with Gasteiger partial charge >= 0.3 is 0 Å². The number of nitrogens with zero attached hydrogens (tertiary/aromatic N) is 3. The molecule has 0 saturated heterocycles. The summed E-state index contributed by atoms with van der Waals surface area (Å²) in [6, 6.07) is 10.6. The lowest BCUT2D eigenvalue weighted by Gasteiger charge is -2.27. The molecule has 4 rings (SSSR count). The number of hydrogen-bond acceptors (Lipinski definition) is 4. The molecule has 1 unspecified atom stereocenters. The van der Waals surface area contributed by atoms with Gasteiger partial charge in [0.1, 0.15) is 6.04 Å². The first-order valence-corrected chi connectivity index (χ1v) is 8.38. The lowest BCUT2D eigenvalue weighted by Crippen LogP contribution is -2.32. The van der Waals surface area contributed by atoms with Gasteiger partial charge in [-0.3, -0.25) is 4.79 Å². The van der Waals surface area contributed by atoms with Crippen LogP contribution in [0.4, 0.5) is 5.95 Å². The van der Waals surface area contributed by atoms with E-state index in [1.165, 1.54) is 0 Å². The van der Waals surface area contributed by atoms with Crippen molar-refractivity contribution in [1.29, 1.82) is 0 Å². The van der Waals surface area contributed by atoms with Gasteiger partial charge in [-0.2, -0.15) is 4.98 Å². The number of nitrogens with two attached hydrogens (primary N) is 1. The third-order valence-corrected chi connectivity index (χ3v) is 4.53. The molecule has 0 aliphatic carbocycles. The van der Waals surface area contributed by atoms with Crippen LogP contribution in [-0.4, -0.2) is 20.7 Å². The van der Waals surface area contributed by atoms with E-state index in [4.69, 9.17) is 17.3 Å². The van der Waals surface area contributed by atoms with Gasteiger partial charge in [0, 0.05) is 28.4 Å². The Bertz CT molecular complexity index is 1010. The minimum atomic E-state index is -0.498. The highest BCUT2D eigenvalue weighted by Crippen LogP contribution is 2.35. The van der Waals surface area contributed by atoms with Crippen LogP contribution in [0.1, 0.15) is 18.5 Å². The summed E-state index contributed by atoms with van der Waals surface area (Å²) in [5.41, 5.74) is 8.49. The van der Waals surface area contributed by atoms with Gasteiger partial charge in [0.25, 0.3) is 0 Å². The maximum atomic E-state index is 12.1. The third kappa shape index (κ3) is 2.72. The zero-order chi connectivity index (χ0) is 18.3. The molecule has 1 aromatic carbocycles. The van der Waals surface area contributed by atoms with Crippen LogP contribution in [0.5, 0.6) is 0 Å². The Morgan fingerprint density at radius 2 is 1.92 bits per heavy atom. The van der Waals surface area contributed by atoms with E-state index in [0.29, 0.717) is 28.1 Å². The molecule has 2 aromatic heterocycles. The molecular weight excluding hydrogens is 352 g/mol. The molecule has 3 aromatic rings. The maximum absolute atomic E-state index is 12.1. The van der Waals surface area contributed by atoms with Crippen molar-refractivity contribution in [3.05, 3.63) is 70.6 Å². The van der Waals surface area contributed by atoms with Gasteiger partial charge in [-0.25, -0.2) is 9.67 Å². The number of aromatic amines is 1. The van der Waals surface area contributed by atoms with E-state index >= 15 is 0 Å². The molecule has 26 heavy (non-hydrogen) atoms. The van der Waals surface area contributed by atoms with Crippen molar-refractivity contribution in [3.8, 4) is 11.4 Å². The molecule has 3 heterocycles. The van der Waals surface area contributed by atoms with E-state index < -0.39 is 11.9 Å². The molecule has 7 nitrogen and oxygen atoms in total. The number of allylic oxidation sites excluding steroid dienone is 1. The van der Waals surface area contributed by atoms with Crippen molar-refractivity contribution < 1.29 is 9.78 Å². The summed E-state index contributed by atoms with van der Waals surface area (Å²) in [7, 11) is 0. The van der Waals surface area contributed by atoms with E-state index in [1.54, 1.807) is 29.2 Å². The molecule has 1 aliphatic heterocycles. The second-order valence-electron chi connectivity index (χ2n) is 5.97. The predicted molar refractivity (Wildman–Crippen MR) is 97.1 cm³/mol. The Hall–Kier alpha value is -3.19. The molecule has 8 heteroatoms. The lowest BCUT2D eigenvalue weighted by molar-refractivity contribution is -0.378. The second-order valence-corrected chi connectivity index (χ2v) is 6.41. The first-order chi connectivity index (χ1) is 12.5. The molecule has 0 radical (unpaired) electrons. The van der Waals surface area contributed by atoms with Crippen LogP contribution in [0.3, 0.4) is 0 Å². The van der Waals surface area contributed by atoms with Gasteiger partial charge in [0.2, 0.25) is 11.9 Å². The summed E-state index contributed by atoms with van der Waals surface area (Å²) in [5, 5.41) is 8.39. The molecule has 1 atom stereocenters. The van der Waals surface area contributed by atoms with E-state index in [0.717, 1.165) is 11.1 Å². The first kappa shape index (κ1) is 16.3. The van der Waals surface area contributed by atoms with Gasteiger partial charge in [0.15, 0.2) is 18.2 Å². The van der Waals surface area contributed by atoms with Gasteiger partial charge in [-0.1, -0.05) is 11.6 Å². The molecule has 1 aliphatic rings. The van der Waals surface area contributed by atoms with Crippen LogP contribution in [-0.2, 0) is 4.79 Å². The summed E-state index contributed by atoms with van der Waals surface area (Å²) in [4.78, 5) is 19.7. The number of H-pyrrole nitrogens is 1. The Kier molecular flexibility index (Phi) is 3.93. The number of hydrogen-bond donors (Lipinski definition) is 2. The Morgan fingerprint density at radius 3 is 2.58 bits per heavy atom. The zero-order valence-electron chi connectivity index (χ0n) is 13.9. The number of carbonyl (C=O) groups is 1. The van der Waals surface area contributed by atoms with Crippen molar-refractivity contribution in [3.63, 3.8) is 0 Å². The summed E-state index contributed by atoms with van der Waals surface area (Å²) in [6.07, 6.45) is 3.59. The number of primary amides is 1. The Labute approximate surface area is 154 Å². The number of benzene rings is 1. The highest BCUT2D eigenvalue weighted by molar-refractivity contribution is 6.30. The van der Waals surface area contributed by atoms with Crippen molar-refractivity contribution in [2.75, 3.05) is 5.32 Å². The molecule has 4 N–H and O–H groups in total. The normalized spacial score (nSPS) is 16.2. The number of aromatic nitrogens is 4. The molecule has 0 spiro atoms. The molecule has 1 amide bonds. The fourth-order valence-electron chi connectivity index (χ4n) is 3.08. The van der Waals surface area contributed by atoms with Crippen LogP contribution in [0.2, 0.25) is 5.02 Å². The van der Waals surface area contributed by atoms with Crippen molar-refractivity contribution >= 4 is 23.5 Å². The number of rotatable bonds is 3. The fourth-order valence-corrected chi connectivity index (χ4v) is 3.21. The van der Waals surface area contributed by atoms with E-state index in [2.05, 4.69) is 20.4 Å². The average molecular weight is 368 g/mol. The van der Waals surface area contributed by atoms with E-state index in [9.17, 15) is 4.79 Å². The fraction of sp³-hybridized carbons (Fsp3) is 0.111. The largest absolute Gasteiger partial charge is 0.366 e. The second kappa shape index (κ2) is 6.27. The van der Waals surface area contributed by atoms with E-state index in [1.807, 2.05) is 31.2 Å². The minimum absolute atomic E-state index is 0.452. The highest BCUT2D eigenvalue weighted by atomic mass is 35.5. The third-order valence-electron chi connectivity index (χ3n) is 4.28. The highest BCUT2D eigenvalue weighted by Gasteiger charge is 2.33. The van der Waals surface area contributed by atoms with Gasteiger partial charge < -0.3 is 11.1 Å². The monoisotopic (exact) mass is 367 g/mol. The summed E-state index contributed by atoms with van der Waals surface area (Å²) < 4.78 is 1.69. The number of halogens is 1. The zero-order valence-corrected chi connectivity index (χ0v) is 14.7. The van der Waals surface area contributed by atoms with Gasteiger partial charge in [0.05, 0.1) is 5.57 Å². The van der Waals surface area contributed by atoms with Crippen molar-refractivity contribution in [1.82, 2.24) is 14.8 Å².